The lowest BCUT2D eigenvalue weighted by Crippen LogP contribution is -2.32. The third-order valence-corrected chi connectivity index (χ3v) is 4.17. The van der Waals surface area contributed by atoms with E-state index in [2.05, 4.69) is 20.6 Å². The maximum absolute atomic E-state index is 12.2. The van der Waals surface area contributed by atoms with E-state index < -0.39 is 0 Å². The molecule has 0 radical (unpaired) electrons. The summed E-state index contributed by atoms with van der Waals surface area (Å²) >= 11 is 6.12. The zero-order chi connectivity index (χ0) is 16.8. The van der Waals surface area contributed by atoms with Crippen molar-refractivity contribution in [1.29, 1.82) is 0 Å². The summed E-state index contributed by atoms with van der Waals surface area (Å²) in [6.07, 6.45) is 3.69. The van der Waals surface area contributed by atoms with Gasteiger partial charge in [0.2, 0.25) is 5.95 Å². The van der Waals surface area contributed by atoms with Crippen LogP contribution in [0, 0.1) is 0 Å². The maximum Gasteiger partial charge on any atom is 0.270 e. The summed E-state index contributed by atoms with van der Waals surface area (Å²) in [6.45, 7) is 1.76. The SMILES string of the molecule is O=C(NCC1CCCO1)c1ccnc(NCc2ccccc2Cl)n1. The normalized spacial score (nSPS) is 16.8. The van der Waals surface area contributed by atoms with Gasteiger partial charge in [-0.25, -0.2) is 9.97 Å². The number of halogens is 1. The summed E-state index contributed by atoms with van der Waals surface area (Å²) in [6, 6.07) is 9.13. The topological polar surface area (TPSA) is 76.1 Å². The molecule has 1 aromatic carbocycles. The van der Waals surface area contributed by atoms with Crippen molar-refractivity contribution in [3.63, 3.8) is 0 Å². The highest BCUT2D eigenvalue weighted by atomic mass is 35.5. The first kappa shape index (κ1) is 16.7. The second-order valence-corrected chi connectivity index (χ2v) is 5.96. The first-order chi connectivity index (χ1) is 11.7. The van der Waals surface area contributed by atoms with Crippen LogP contribution in [-0.4, -0.2) is 35.1 Å². The highest BCUT2D eigenvalue weighted by Gasteiger charge is 2.17. The molecule has 1 atom stereocenters. The van der Waals surface area contributed by atoms with Gasteiger partial charge in [-0.15, -0.1) is 0 Å². The van der Waals surface area contributed by atoms with Gasteiger partial charge in [0.25, 0.3) is 5.91 Å². The van der Waals surface area contributed by atoms with E-state index in [0.29, 0.717) is 29.8 Å². The van der Waals surface area contributed by atoms with Crippen molar-refractivity contribution < 1.29 is 9.53 Å². The molecule has 0 aliphatic carbocycles. The van der Waals surface area contributed by atoms with Crippen molar-refractivity contribution >= 4 is 23.5 Å². The number of carbonyl (C=O) groups excluding carboxylic acids is 1. The molecule has 1 fully saturated rings. The predicted octanol–water partition coefficient (Wildman–Crippen LogP) is 2.65. The zero-order valence-electron chi connectivity index (χ0n) is 13.2. The molecule has 7 heteroatoms. The molecule has 1 amide bonds. The van der Waals surface area contributed by atoms with E-state index in [1.54, 1.807) is 12.3 Å². The van der Waals surface area contributed by atoms with Crippen molar-refractivity contribution in [1.82, 2.24) is 15.3 Å². The lowest BCUT2D eigenvalue weighted by molar-refractivity contribution is 0.0853. The quantitative estimate of drug-likeness (QED) is 0.841. The summed E-state index contributed by atoms with van der Waals surface area (Å²) in [5.41, 5.74) is 1.26. The van der Waals surface area contributed by atoms with Crippen LogP contribution in [0.5, 0.6) is 0 Å². The van der Waals surface area contributed by atoms with Gasteiger partial charge in [0.1, 0.15) is 5.69 Å². The Balaban J connectivity index is 1.57. The Kier molecular flexibility index (Phi) is 5.61. The Morgan fingerprint density at radius 3 is 3.00 bits per heavy atom. The van der Waals surface area contributed by atoms with Gasteiger partial charge in [-0.05, 0) is 30.5 Å². The molecule has 6 nitrogen and oxygen atoms in total. The Morgan fingerprint density at radius 1 is 1.33 bits per heavy atom. The van der Waals surface area contributed by atoms with Crippen LogP contribution in [0.3, 0.4) is 0 Å². The number of rotatable bonds is 6. The molecular formula is C17H19ClN4O2. The molecule has 1 aliphatic rings. The summed E-state index contributed by atoms with van der Waals surface area (Å²) < 4.78 is 5.49. The minimum atomic E-state index is -0.228. The van der Waals surface area contributed by atoms with Gasteiger partial charge < -0.3 is 15.4 Å². The Morgan fingerprint density at radius 2 is 2.21 bits per heavy atom. The first-order valence-electron chi connectivity index (χ1n) is 7.92. The summed E-state index contributed by atoms with van der Waals surface area (Å²) in [7, 11) is 0. The van der Waals surface area contributed by atoms with E-state index in [-0.39, 0.29) is 12.0 Å². The fraction of sp³-hybridized carbons (Fsp3) is 0.353. The highest BCUT2D eigenvalue weighted by Crippen LogP contribution is 2.16. The number of nitrogens with zero attached hydrogens (tertiary/aromatic N) is 2. The fourth-order valence-corrected chi connectivity index (χ4v) is 2.69. The average Bonchev–Trinajstić information content (AvgIpc) is 3.13. The Labute approximate surface area is 145 Å². The molecule has 1 unspecified atom stereocenters. The molecule has 0 spiro atoms. The largest absolute Gasteiger partial charge is 0.376 e. The van der Waals surface area contributed by atoms with E-state index in [0.717, 1.165) is 25.0 Å². The molecule has 1 aliphatic heterocycles. The number of amides is 1. The van der Waals surface area contributed by atoms with Gasteiger partial charge in [-0.2, -0.15) is 0 Å². The van der Waals surface area contributed by atoms with Crippen LogP contribution in [0.25, 0.3) is 0 Å². The number of anilines is 1. The molecule has 2 N–H and O–H groups in total. The molecule has 3 rings (SSSR count). The maximum atomic E-state index is 12.2. The van der Waals surface area contributed by atoms with Crippen molar-refractivity contribution in [3.05, 3.63) is 52.8 Å². The molecule has 24 heavy (non-hydrogen) atoms. The standard InChI is InChI=1S/C17H19ClN4O2/c18-14-6-2-1-4-12(14)10-21-17-19-8-7-15(22-17)16(23)20-11-13-5-3-9-24-13/h1-2,4,6-8,13H,3,5,9-11H2,(H,20,23)(H,19,21,22). The van der Waals surface area contributed by atoms with E-state index in [1.165, 1.54) is 0 Å². The van der Waals surface area contributed by atoms with Crippen LogP contribution in [0.2, 0.25) is 5.02 Å². The van der Waals surface area contributed by atoms with Gasteiger partial charge in [-0.1, -0.05) is 29.8 Å². The second-order valence-electron chi connectivity index (χ2n) is 5.56. The van der Waals surface area contributed by atoms with Crippen molar-refractivity contribution in [2.75, 3.05) is 18.5 Å². The lowest BCUT2D eigenvalue weighted by Gasteiger charge is -2.11. The van der Waals surface area contributed by atoms with Gasteiger partial charge in [0, 0.05) is 30.9 Å². The summed E-state index contributed by atoms with van der Waals surface area (Å²) in [5.74, 6) is 0.161. The molecule has 126 valence electrons. The zero-order valence-corrected chi connectivity index (χ0v) is 13.9. The van der Waals surface area contributed by atoms with Gasteiger partial charge in [-0.3, -0.25) is 4.79 Å². The van der Waals surface area contributed by atoms with Crippen LogP contribution in [0.1, 0.15) is 28.9 Å². The number of benzene rings is 1. The van der Waals surface area contributed by atoms with Crippen LogP contribution in [0.15, 0.2) is 36.5 Å². The average molecular weight is 347 g/mol. The third kappa shape index (κ3) is 4.43. The molecule has 2 heterocycles. The summed E-state index contributed by atoms with van der Waals surface area (Å²) in [5, 5.41) is 6.61. The number of carbonyl (C=O) groups is 1. The fourth-order valence-electron chi connectivity index (χ4n) is 2.49. The molecule has 1 saturated heterocycles. The predicted molar refractivity (Wildman–Crippen MR) is 92.1 cm³/mol. The van der Waals surface area contributed by atoms with Crippen molar-refractivity contribution in [2.24, 2.45) is 0 Å². The smallest absolute Gasteiger partial charge is 0.270 e. The van der Waals surface area contributed by atoms with Crippen LogP contribution in [-0.2, 0) is 11.3 Å². The molecule has 2 aromatic rings. The van der Waals surface area contributed by atoms with E-state index in [4.69, 9.17) is 16.3 Å². The van der Waals surface area contributed by atoms with Crippen LogP contribution in [0.4, 0.5) is 5.95 Å². The van der Waals surface area contributed by atoms with Crippen molar-refractivity contribution in [2.45, 2.75) is 25.5 Å². The van der Waals surface area contributed by atoms with Gasteiger partial charge in [0.15, 0.2) is 0 Å². The van der Waals surface area contributed by atoms with E-state index >= 15 is 0 Å². The van der Waals surface area contributed by atoms with Crippen LogP contribution < -0.4 is 10.6 Å². The number of hydrogen-bond donors (Lipinski definition) is 2. The first-order valence-corrected chi connectivity index (χ1v) is 8.30. The van der Waals surface area contributed by atoms with Gasteiger partial charge >= 0.3 is 0 Å². The molecular weight excluding hydrogens is 328 g/mol. The van der Waals surface area contributed by atoms with Crippen LogP contribution >= 0.6 is 11.6 Å². The van der Waals surface area contributed by atoms with E-state index in [1.807, 2.05) is 24.3 Å². The minimum absolute atomic E-state index is 0.105. The van der Waals surface area contributed by atoms with E-state index in [9.17, 15) is 4.79 Å². The summed E-state index contributed by atoms with van der Waals surface area (Å²) in [4.78, 5) is 20.6. The third-order valence-electron chi connectivity index (χ3n) is 3.80. The number of aromatic nitrogens is 2. The highest BCUT2D eigenvalue weighted by molar-refractivity contribution is 6.31. The molecule has 0 saturated carbocycles. The Bertz CT molecular complexity index is 704. The lowest BCUT2D eigenvalue weighted by atomic mass is 10.2. The second kappa shape index (κ2) is 8.08. The Hall–Kier alpha value is -2.18. The minimum Gasteiger partial charge on any atom is -0.376 e. The van der Waals surface area contributed by atoms with Crippen molar-refractivity contribution in [3.8, 4) is 0 Å². The monoisotopic (exact) mass is 346 g/mol. The number of nitrogens with one attached hydrogen (secondary N) is 2. The number of hydrogen-bond acceptors (Lipinski definition) is 5. The number of ether oxygens (including phenoxy) is 1. The molecule has 0 bridgehead atoms. The van der Waals surface area contributed by atoms with Gasteiger partial charge in [0.05, 0.1) is 6.10 Å². The molecule has 1 aromatic heterocycles.